The molecule has 10 nitrogen and oxygen atoms in total. The summed E-state index contributed by atoms with van der Waals surface area (Å²) in [5.74, 6) is -1.26. The van der Waals surface area contributed by atoms with Gasteiger partial charge in [-0.1, -0.05) is 25.8 Å². The summed E-state index contributed by atoms with van der Waals surface area (Å²) in [5, 5.41) is 22.0. The first-order chi connectivity index (χ1) is 18.9. The normalized spacial score (nSPS) is 20.9. The zero-order valence-electron chi connectivity index (χ0n) is 22.1. The number of carboxylic acid groups (broad SMARTS) is 1. The molecule has 3 heterocycles. The zero-order chi connectivity index (χ0) is 28.8. The molecule has 0 amide bonds. The number of benzene rings is 1. The molecule has 0 radical (unpaired) electrons. The van der Waals surface area contributed by atoms with E-state index in [-0.39, 0.29) is 52.4 Å². The van der Waals surface area contributed by atoms with Crippen molar-refractivity contribution in [3.8, 4) is 5.88 Å². The molecule has 40 heavy (non-hydrogen) atoms. The predicted octanol–water partition coefficient (Wildman–Crippen LogP) is 4.41. The topological polar surface area (TPSA) is 128 Å². The lowest BCUT2D eigenvalue weighted by molar-refractivity contribution is -0.138. The first-order valence-electron chi connectivity index (χ1n) is 13.2. The van der Waals surface area contributed by atoms with Gasteiger partial charge in [-0.2, -0.15) is 22.6 Å². The standard InChI is InChI=1S/C26H30F3N5O5S/c1-3-39-23-11-19(16-6-4-5-7-16)25(31-30-23)40(37,38)33-13-15(2)22(14-33)34-21-10-17(26(27,28)29)8-9-18(21)20(32-34)12-24(35)36/h8-11,15-16,22H,3-7,12-14H2,1-2H3,(H,35,36)/t15-,22+/m1/s1. The Labute approximate surface area is 229 Å². The van der Waals surface area contributed by atoms with Gasteiger partial charge in [0.25, 0.3) is 10.0 Å². The van der Waals surface area contributed by atoms with E-state index in [0.717, 1.165) is 37.8 Å². The van der Waals surface area contributed by atoms with Gasteiger partial charge in [0.05, 0.1) is 35.8 Å². The number of carbonyl (C=O) groups is 1. The van der Waals surface area contributed by atoms with E-state index in [2.05, 4.69) is 15.3 Å². The van der Waals surface area contributed by atoms with Crippen LogP contribution < -0.4 is 4.74 Å². The third kappa shape index (κ3) is 5.26. The van der Waals surface area contributed by atoms with Crippen molar-refractivity contribution in [3.63, 3.8) is 0 Å². The Morgan fingerprint density at radius 2 is 1.88 bits per heavy atom. The fourth-order valence-corrected chi connectivity index (χ4v) is 7.47. The highest BCUT2D eigenvalue weighted by atomic mass is 32.2. The minimum absolute atomic E-state index is 0.00438. The predicted molar refractivity (Wildman–Crippen MR) is 137 cm³/mol. The number of aromatic nitrogens is 4. The molecule has 2 fully saturated rings. The monoisotopic (exact) mass is 581 g/mol. The molecule has 1 aliphatic heterocycles. The molecular formula is C26H30F3N5O5S. The minimum Gasteiger partial charge on any atom is -0.481 e. The van der Waals surface area contributed by atoms with Gasteiger partial charge < -0.3 is 9.84 Å². The van der Waals surface area contributed by atoms with Crippen molar-refractivity contribution < 1.29 is 36.2 Å². The summed E-state index contributed by atoms with van der Waals surface area (Å²) in [6, 6.07) is 4.07. The van der Waals surface area contributed by atoms with Crippen LogP contribution in [0.15, 0.2) is 29.3 Å². The lowest BCUT2D eigenvalue weighted by Gasteiger charge is -2.20. The van der Waals surface area contributed by atoms with Crippen LogP contribution in [0, 0.1) is 5.92 Å². The fraction of sp³-hybridized carbons (Fsp3) is 0.538. The Bertz CT molecular complexity index is 1540. The molecule has 3 aromatic rings. The van der Waals surface area contributed by atoms with Crippen LogP contribution in [0.5, 0.6) is 5.88 Å². The Morgan fingerprint density at radius 1 is 1.15 bits per heavy atom. The third-order valence-corrected chi connectivity index (χ3v) is 9.50. The quantitative estimate of drug-likeness (QED) is 0.415. The van der Waals surface area contributed by atoms with Crippen LogP contribution in [-0.2, 0) is 27.4 Å². The van der Waals surface area contributed by atoms with Crippen molar-refractivity contribution in [2.45, 2.75) is 69.1 Å². The van der Waals surface area contributed by atoms with Gasteiger partial charge in [0.2, 0.25) is 5.88 Å². The number of halogens is 3. The summed E-state index contributed by atoms with van der Waals surface area (Å²) in [6.07, 6.45) is -1.49. The summed E-state index contributed by atoms with van der Waals surface area (Å²) in [7, 11) is -4.12. The molecule has 2 atom stereocenters. The van der Waals surface area contributed by atoms with Crippen LogP contribution in [0.1, 0.15) is 68.3 Å². The average molecular weight is 582 g/mol. The first kappa shape index (κ1) is 28.3. The van der Waals surface area contributed by atoms with Crippen LogP contribution in [0.3, 0.4) is 0 Å². The maximum absolute atomic E-state index is 13.9. The van der Waals surface area contributed by atoms with E-state index in [1.54, 1.807) is 19.9 Å². The maximum atomic E-state index is 13.9. The second kappa shape index (κ2) is 10.6. The summed E-state index contributed by atoms with van der Waals surface area (Å²) in [4.78, 5) is 11.4. The van der Waals surface area contributed by atoms with Crippen molar-refractivity contribution in [1.82, 2.24) is 24.3 Å². The molecule has 14 heteroatoms. The third-order valence-electron chi connectivity index (χ3n) is 7.72. The van der Waals surface area contributed by atoms with Gasteiger partial charge in [0, 0.05) is 30.1 Å². The molecule has 216 valence electrons. The average Bonchev–Trinajstić information content (AvgIpc) is 3.63. The Kier molecular flexibility index (Phi) is 7.50. The van der Waals surface area contributed by atoms with Crippen molar-refractivity contribution in [3.05, 3.63) is 41.1 Å². The number of rotatable bonds is 8. The number of hydrogen-bond acceptors (Lipinski definition) is 7. The smallest absolute Gasteiger partial charge is 0.416 e. The first-order valence-corrected chi connectivity index (χ1v) is 14.6. The van der Waals surface area contributed by atoms with Gasteiger partial charge in [0.15, 0.2) is 5.03 Å². The van der Waals surface area contributed by atoms with Gasteiger partial charge in [0.1, 0.15) is 0 Å². The number of fused-ring (bicyclic) bond motifs is 1. The molecule has 0 bridgehead atoms. The number of sulfonamides is 1. The van der Waals surface area contributed by atoms with Gasteiger partial charge in [-0.15, -0.1) is 10.2 Å². The van der Waals surface area contributed by atoms with Crippen LogP contribution in [0.2, 0.25) is 0 Å². The van der Waals surface area contributed by atoms with Crippen LogP contribution in [0.25, 0.3) is 10.9 Å². The fourth-order valence-electron chi connectivity index (χ4n) is 5.77. The molecule has 0 unspecified atom stereocenters. The Hall–Kier alpha value is -3.26. The van der Waals surface area contributed by atoms with Crippen LogP contribution in [0.4, 0.5) is 13.2 Å². The van der Waals surface area contributed by atoms with Gasteiger partial charge >= 0.3 is 12.1 Å². The summed E-state index contributed by atoms with van der Waals surface area (Å²) < 4.78 is 76.6. The molecule has 1 aromatic carbocycles. The van der Waals surface area contributed by atoms with E-state index in [9.17, 15) is 31.5 Å². The van der Waals surface area contributed by atoms with E-state index in [1.807, 2.05) is 0 Å². The number of aliphatic carboxylic acids is 1. The number of alkyl halides is 3. The molecule has 1 N–H and O–H groups in total. The Balaban J connectivity index is 1.53. The van der Waals surface area contributed by atoms with Crippen LogP contribution in [-0.4, -0.2) is 63.5 Å². The van der Waals surface area contributed by atoms with E-state index >= 15 is 0 Å². The molecule has 5 rings (SSSR count). The minimum atomic E-state index is -4.62. The maximum Gasteiger partial charge on any atom is 0.416 e. The molecule has 1 aliphatic carbocycles. The highest BCUT2D eigenvalue weighted by Crippen LogP contribution is 2.41. The molecule has 2 aromatic heterocycles. The van der Waals surface area contributed by atoms with E-state index in [4.69, 9.17) is 4.74 Å². The lowest BCUT2D eigenvalue weighted by atomic mass is 10.0. The largest absolute Gasteiger partial charge is 0.481 e. The van der Waals surface area contributed by atoms with Crippen LogP contribution >= 0.6 is 0 Å². The lowest BCUT2D eigenvalue weighted by Crippen LogP contribution is -2.31. The summed E-state index contributed by atoms with van der Waals surface area (Å²) in [5.41, 5.74) is -0.112. The molecule has 1 saturated heterocycles. The van der Waals surface area contributed by atoms with Gasteiger partial charge in [-0.25, -0.2) is 8.42 Å². The second-order valence-electron chi connectivity index (χ2n) is 10.4. The molecule has 2 aliphatic rings. The molecule has 1 saturated carbocycles. The SMILES string of the molecule is CCOc1cc(C2CCCC2)c(S(=O)(=O)N2C[C@@H](C)[C@@H](n3nc(CC(=O)O)c4ccc(C(F)(F)F)cc43)C2)nn1. The highest BCUT2D eigenvalue weighted by Gasteiger charge is 2.42. The van der Waals surface area contributed by atoms with Crippen molar-refractivity contribution >= 4 is 26.9 Å². The van der Waals surface area contributed by atoms with Crippen molar-refractivity contribution in [2.75, 3.05) is 19.7 Å². The highest BCUT2D eigenvalue weighted by molar-refractivity contribution is 7.89. The van der Waals surface area contributed by atoms with Gasteiger partial charge in [-0.05, 0) is 43.7 Å². The number of hydrogen-bond donors (Lipinski definition) is 1. The zero-order valence-corrected chi connectivity index (χ0v) is 22.9. The number of carboxylic acids is 1. The summed E-state index contributed by atoms with van der Waals surface area (Å²) >= 11 is 0. The Morgan fingerprint density at radius 3 is 2.52 bits per heavy atom. The summed E-state index contributed by atoms with van der Waals surface area (Å²) in [6.45, 7) is 3.96. The van der Waals surface area contributed by atoms with Crippen molar-refractivity contribution in [1.29, 1.82) is 0 Å². The molecular weight excluding hydrogens is 551 g/mol. The van der Waals surface area contributed by atoms with E-state index in [1.165, 1.54) is 15.1 Å². The number of ether oxygens (including phenoxy) is 1. The van der Waals surface area contributed by atoms with E-state index < -0.39 is 40.2 Å². The second-order valence-corrected chi connectivity index (χ2v) is 12.3. The van der Waals surface area contributed by atoms with E-state index in [0.29, 0.717) is 12.2 Å². The molecule has 0 spiro atoms. The van der Waals surface area contributed by atoms with Crippen molar-refractivity contribution in [2.24, 2.45) is 5.92 Å². The number of nitrogens with zero attached hydrogens (tertiary/aromatic N) is 5. The van der Waals surface area contributed by atoms with Gasteiger partial charge in [-0.3, -0.25) is 9.48 Å².